The van der Waals surface area contributed by atoms with Crippen LogP contribution in [0.25, 0.3) is 10.8 Å². The second-order valence-corrected chi connectivity index (χ2v) is 5.65. The molecule has 0 spiro atoms. The van der Waals surface area contributed by atoms with Crippen LogP contribution in [0.4, 0.5) is 0 Å². The van der Waals surface area contributed by atoms with Crippen molar-refractivity contribution >= 4 is 16.7 Å². The molecule has 110 valence electrons. The van der Waals surface area contributed by atoms with E-state index in [1.165, 1.54) is 16.3 Å². The van der Waals surface area contributed by atoms with Gasteiger partial charge >= 0.3 is 0 Å². The topological polar surface area (TPSA) is 32.3 Å². The minimum Gasteiger partial charge on any atom is -0.355 e. The molecule has 21 heavy (non-hydrogen) atoms. The van der Waals surface area contributed by atoms with E-state index in [0.717, 1.165) is 19.4 Å². The van der Waals surface area contributed by atoms with Crippen LogP contribution in [0.5, 0.6) is 0 Å². The number of likely N-dealkylation sites (N-methyl/N-ethyl adjacent to an activating group) is 1. The quantitative estimate of drug-likeness (QED) is 0.934. The Kier molecular flexibility index (Phi) is 4.20. The number of hydrogen-bond acceptors (Lipinski definition) is 2. The van der Waals surface area contributed by atoms with Gasteiger partial charge in [0.25, 0.3) is 0 Å². The van der Waals surface area contributed by atoms with Crippen molar-refractivity contribution in [3.05, 3.63) is 48.0 Å². The fourth-order valence-corrected chi connectivity index (χ4v) is 3.35. The Bertz CT molecular complexity index is 633. The lowest BCUT2D eigenvalue weighted by molar-refractivity contribution is -0.122. The van der Waals surface area contributed by atoms with Crippen LogP contribution in [-0.2, 0) is 4.79 Å². The van der Waals surface area contributed by atoms with Crippen molar-refractivity contribution < 1.29 is 4.79 Å². The summed E-state index contributed by atoms with van der Waals surface area (Å²) < 4.78 is 0. The third kappa shape index (κ3) is 2.93. The summed E-state index contributed by atoms with van der Waals surface area (Å²) in [4.78, 5) is 14.2. The number of rotatable bonds is 4. The average Bonchev–Trinajstić information content (AvgIpc) is 2.95. The molecule has 3 heteroatoms. The standard InChI is InChI=1S/C18H22N2O/c1-2-19-18(21)13-20-12-6-11-17(20)16-10-5-8-14-7-3-4-9-15(14)16/h3-5,7-10,17H,2,6,11-13H2,1H3,(H,19,21). The van der Waals surface area contributed by atoms with Crippen molar-refractivity contribution in [2.75, 3.05) is 19.6 Å². The first-order valence-electron chi connectivity index (χ1n) is 7.78. The van der Waals surface area contributed by atoms with Crippen LogP contribution >= 0.6 is 0 Å². The zero-order valence-corrected chi connectivity index (χ0v) is 12.5. The van der Waals surface area contributed by atoms with Gasteiger partial charge in [-0.15, -0.1) is 0 Å². The van der Waals surface area contributed by atoms with Gasteiger partial charge in [0, 0.05) is 12.6 Å². The molecule has 1 fully saturated rings. The van der Waals surface area contributed by atoms with Gasteiger partial charge in [-0.3, -0.25) is 9.69 Å². The van der Waals surface area contributed by atoms with E-state index in [4.69, 9.17) is 0 Å². The average molecular weight is 282 g/mol. The summed E-state index contributed by atoms with van der Waals surface area (Å²) in [5.74, 6) is 0.129. The van der Waals surface area contributed by atoms with Crippen molar-refractivity contribution in [1.29, 1.82) is 0 Å². The first-order chi connectivity index (χ1) is 10.3. The molecule has 2 aromatic rings. The molecular formula is C18H22N2O. The molecule has 1 saturated heterocycles. The number of carbonyl (C=O) groups excluding carboxylic acids is 1. The first-order valence-corrected chi connectivity index (χ1v) is 7.78. The molecule has 1 N–H and O–H groups in total. The molecule has 0 aliphatic carbocycles. The molecule has 1 aliphatic rings. The molecule has 3 rings (SSSR count). The van der Waals surface area contributed by atoms with Crippen LogP contribution < -0.4 is 5.32 Å². The molecular weight excluding hydrogens is 260 g/mol. The largest absolute Gasteiger partial charge is 0.355 e. The van der Waals surface area contributed by atoms with Gasteiger partial charge in [-0.1, -0.05) is 42.5 Å². The Morgan fingerprint density at radius 2 is 2.05 bits per heavy atom. The molecule has 3 nitrogen and oxygen atoms in total. The Balaban J connectivity index is 1.88. The highest BCUT2D eigenvalue weighted by molar-refractivity contribution is 5.86. The van der Waals surface area contributed by atoms with Gasteiger partial charge in [0.15, 0.2) is 0 Å². The molecule has 0 saturated carbocycles. The fourth-order valence-electron chi connectivity index (χ4n) is 3.35. The van der Waals surface area contributed by atoms with Crippen LogP contribution in [0.2, 0.25) is 0 Å². The molecule has 1 unspecified atom stereocenters. The number of benzene rings is 2. The number of likely N-dealkylation sites (tertiary alicyclic amines) is 1. The zero-order chi connectivity index (χ0) is 14.7. The van der Waals surface area contributed by atoms with Crippen molar-refractivity contribution in [3.8, 4) is 0 Å². The van der Waals surface area contributed by atoms with E-state index in [1.807, 2.05) is 6.92 Å². The number of carbonyl (C=O) groups is 1. The minimum absolute atomic E-state index is 0.129. The highest BCUT2D eigenvalue weighted by Gasteiger charge is 2.28. The van der Waals surface area contributed by atoms with Gasteiger partial charge < -0.3 is 5.32 Å². The molecule has 1 heterocycles. The predicted octanol–water partition coefficient (Wildman–Crippen LogP) is 3.11. The second kappa shape index (κ2) is 6.27. The van der Waals surface area contributed by atoms with Gasteiger partial charge in [-0.2, -0.15) is 0 Å². The lowest BCUT2D eigenvalue weighted by atomic mass is 9.97. The van der Waals surface area contributed by atoms with Gasteiger partial charge in [-0.25, -0.2) is 0 Å². The zero-order valence-electron chi connectivity index (χ0n) is 12.5. The number of nitrogens with one attached hydrogen (secondary N) is 1. The number of nitrogens with zero attached hydrogens (tertiary/aromatic N) is 1. The maximum Gasteiger partial charge on any atom is 0.234 e. The number of fused-ring (bicyclic) bond motifs is 1. The predicted molar refractivity (Wildman–Crippen MR) is 86.2 cm³/mol. The molecule has 2 aromatic carbocycles. The molecule has 1 amide bonds. The highest BCUT2D eigenvalue weighted by atomic mass is 16.2. The Hall–Kier alpha value is -1.87. The maximum absolute atomic E-state index is 11.9. The number of hydrogen-bond donors (Lipinski definition) is 1. The minimum atomic E-state index is 0.129. The highest BCUT2D eigenvalue weighted by Crippen LogP contribution is 2.35. The molecule has 0 radical (unpaired) electrons. The van der Waals surface area contributed by atoms with Crippen molar-refractivity contribution in [1.82, 2.24) is 10.2 Å². The monoisotopic (exact) mass is 282 g/mol. The Labute approximate surface area is 125 Å². The molecule has 1 atom stereocenters. The SMILES string of the molecule is CCNC(=O)CN1CCCC1c1cccc2ccccc12. The van der Waals surface area contributed by atoms with Gasteiger partial charge in [0.2, 0.25) is 5.91 Å². The maximum atomic E-state index is 11.9. The first kappa shape index (κ1) is 14.1. The van der Waals surface area contributed by atoms with Crippen molar-refractivity contribution in [2.24, 2.45) is 0 Å². The van der Waals surface area contributed by atoms with E-state index >= 15 is 0 Å². The lowest BCUT2D eigenvalue weighted by Crippen LogP contribution is -2.36. The van der Waals surface area contributed by atoms with Crippen LogP contribution in [0.1, 0.15) is 31.4 Å². The van der Waals surface area contributed by atoms with Gasteiger partial charge in [-0.05, 0) is 42.6 Å². The lowest BCUT2D eigenvalue weighted by Gasteiger charge is -2.25. The van der Waals surface area contributed by atoms with Gasteiger partial charge in [0.1, 0.15) is 0 Å². The van der Waals surface area contributed by atoms with Crippen molar-refractivity contribution in [2.45, 2.75) is 25.8 Å². The van der Waals surface area contributed by atoms with Crippen LogP contribution in [0, 0.1) is 0 Å². The molecule has 0 aromatic heterocycles. The van der Waals surface area contributed by atoms with E-state index < -0.39 is 0 Å². The Morgan fingerprint density at radius 1 is 1.24 bits per heavy atom. The van der Waals surface area contributed by atoms with Gasteiger partial charge in [0.05, 0.1) is 6.54 Å². The molecule has 1 aliphatic heterocycles. The van der Waals surface area contributed by atoms with Crippen LogP contribution in [0.3, 0.4) is 0 Å². The van der Waals surface area contributed by atoms with E-state index in [1.54, 1.807) is 0 Å². The normalized spacial score (nSPS) is 19.0. The van der Waals surface area contributed by atoms with Crippen molar-refractivity contribution in [3.63, 3.8) is 0 Å². The summed E-state index contributed by atoms with van der Waals surface area (Å²) in [7, 11) is 0. The fraction of sp³-hybridized carbons (Fsp3) is 0.389. The smallest absolute Gasteiger partial charge is 0.234 e. The van der Waals surface area contributed by atoms with Crippen LogP contribution in [0.15, 0.2) is 42.5 Å². The summed E-state index contributed by atoms with van der Waals surface area (Å²) in [6, 6.07) is 15.4. The second-order valence-electron chi connectivity index (χ2n) is 5.65. The number of amides is 1. The summed E-state index contributed by atoms with van der Waals surface area (Å²) >= 11 is 0. The van der Waals surface area contributed by atoms with E-state index in [0.29, 0.717) is 19.1 Å². The summed E-state index contributed by atoms with van der Waals surface area (Å²) in [6.45, 7) is 4.17. The van der Waals surface area contributed by atoms with E-state index in [2.05, 4.69) is 52.7 Å². The Morgan fingerprint density at radius 3 is 2.90 bits per heavy atom. The summed E-state index contributed by atoms with van der Waals surface area (Å²) in [5.41, 5.74) is 1.36. The third-order valence-electron chi connectivity index (χ3n) is 4.27. The van der Waals surface area contributed by atoms with E-state index in [-0.39, 0.29) is 5.91 Å². The summed E-state index contributed by atoms with van der Waals surface area (Å²) in [5, 5.41) is 5.49. The summed E-state index contributed by atoms with van der Waals surface area (Å²) in [6.07, 6.45) is 2.29. The third-order valence-corrected chi connectivity index (χ3v) is 4.27. The van der Waals surface area contributed by atoms with E-state index in [9.17, 15) is 4.79 Å². The molecule has 0 bridgehead atoms. The van der Waals surface area contributed by atoms with Crippen LogP contribution in [-0.4, -0.2) is 30.4 Å².